The Hall–Kier alpha value is -2.35. The molecule has 3 rings (SSSR count). The minimum absolute atomic E-state index is 0.289. The van der Waals surface area contributed by atoms with Crippen LogP contribution < -0.4 is 10.6 Å². The molecule has 1 aliphatic carbocycles. The third-order valence-corrected chi connectivity index (χ3v) is 4.78. The molecule has 1 aliphatic rings. The Balaban J connectivity index is 1.81. The monoisotopic (exact) mass is 398 g/mol. The van der Waals surface area contributed by atoms with E-state index in [-0.39, 0.29) is 5.95 Å². The Kier molecular flexibility index (Phi) is 5.84. The highest BCUT2D eigenvalue weighted by Crippen LogP contribution is 2.32. The van der Waals surface area contributed by atoms with Gasteiger partial charge in [-0.3, -0.25) is 4.79 Å². The van der Waals surface area contributed by atoms with E-state index in [9.17, 15) is 18.0 Å². The second-order valence-corrected chi connectivity index (χ2v) is 6.83. The fourth-order valence-electron chi connectivity index (χ4n) is 3.05. The number of carbonyl (C=O) groups is 1. The van der Waals surface area contributed by atoms with Crippen molar-refractivity contribution in [3.63, 3.8) is 0 Å². The van der Waals surface area contributed by atoms with E-state index in [0.717, 1.165) is 31.9 Å². The van der Waals surface area contributed by atoms with Crippen molar-refractivity contribution in [2.45, 2.75) is 31.9 Å². The minimum Gasteiger partial charge on any atom is -0.352 e. The average molecular weight is 399 g/mol. The van der Waals surface area contributed by atoms with Crippen LogP contribution in [0.1, 0.15) is 41.7 Å². The van der Waals surface area contributed by atoms with E-state index in [1.807, 2.05) is 0 Å². The molecule has 1 amide bonds. The first-order valence-electron chi connectivity index (χ1n) is 8.58. The lowest BCUT2D eigenvalue weighted by Gasteiger charge is -2.15. The van der Waals surface area contributed by atoms with Gasteiger partial charge in [0.25, 0.3) is 5.91 Å². The maximum absolute atomic E-state index is 13.4. The van der Waals surface area contributed by atoms with E-state index >= 15 is 0 Å². The molecule has 0 spiro atoms. The third-order valence-electron chi connectivity index (χ3n) is 4.45. The van der Waals surface area contributed by atoms with Crippen molar-refractivity contribution in [3.05, 3.63) is 46.7 Å². The van der Waals surface area contributed by atoms with Crippen LogP contribution in [0.5, 0.6) is 0 Å². The molecule has 5 nitrogen and oxygen atoms in total. The average Bonchev–Trinajstić information content (AvgIpc) is 3.14. The largest absolute Gasteiger partial charge is 0.434 e. The van der Waals surface area contributed by atoms with Gasteiger partial charge in [0.1, 0.15) is 0 Å². The van der Waals surface area contributed by atoms with E-state index in [2.05, 4.69) is 20.6 Å². The highest BCUT2D eigenvalue weighted by molar-refractivity contribution is 6.33. The smallest absolute Gasteiger partial charge is 0.352 e. The lowest BCUT2D eigenvalue weighted by molar-refractivity contribution is -0.141. The Bertz CT molecular complexity index is 822. The van der Waals surface area contributed by atoms with Gasteiger partial charge >= 0.3 is 6.18 Å². The van der Waals surface area contributed by atoms with E-state index in [0.29, 0.717) is 23.2 Å². The number of hydrogen-bond acceptors (Lipinski definition) is 4. The maximum Gasteiger partial charge on any atom is 0.434 e. The van der Waals surface area contributed by atoms with Crippen LogP contribution in [0.4, 0.5) is 24.8 Å². The molecule has 0 bridgehead atoms. The van der Waals surface area contributed by atoms with Crippen LogP contribution in [0, 0.1) is 5.92 Å². The van der Waals surface area contributed by atoms with Crippen LogP contribution in [-0.2, 0) is 6.18 Å². The molecule has 1 fully saturated rings. The lowest BCUT2D eigenvalue weighted by Crippen LogP contribution is -2.31. The molecule has 0 radical (unpaired) electrons. The van der Waals surface area contributed by atoms with Gasteiger partial charge in [-0.25, -0.2) is 9.97 Å². The standard InChI is InChI=1S/C18H18ClF3N4O/c19-13-7-3-4-8-14(13)25-17-24-10-12(15(26-17)18(20,21)22)16(27)23-9-11-5-1-2-6-11/h3-4,7-8,10-11H,1-2,5-6,9H2,(H,23,27)(H,24,25,26). The van der Waals surface area contributed by atoms with Crippen LogP contribution in [0.2, 0.25) is 5.02 Å². The zero-order valence-electron chi connectivity index (χ0n) is 14.3. The predicted octanol–water partition coefficient (Wildman–Crippen LogP) is 4.81. The van der Waals surface area contributed by atoms with Gasteiger partial charge in [-0.2, -0.15) is 13.2 Å². The number of para-hydroxylation sites is 1. The van der Waals surface area contributed by atoms with Crippen molar-refractivity contribution in [1.29, 1.82) is 0 Å². The lowest BCUT2D eigenvalue weighted by atomic mass is 10.1. The summed E-state index contributed by atoms with van der Waals surface area (Å²) in [5.74, 6) is -0.799. The van der Waals surface area contributed by atoms with Gasteiger partial charge in [0.2, 0.25) is 5.95 Å². The zero-order chi connectivity index (χ0) is 19.4. The fourth-order valence-corrected chi connectivity index (χ4v) is 3.24. The number of amides is 1. The summed E-state index contributed by atoms with van der Waals surface area (Å²) in [5.41, 5.74) is -1.51. The Morgan fingerprint density at radius 1 is 1.22 bits per heavy atom. The molecule has 0 atom stereocenters. The second-order valence-electron chi connectivity index (χ2n) is 6.42. The highest BCUT2D eigenvalue weighted by atomic mass is 35.5. The number of rotatable bonds is 5. The number of benzene rings is 1. The summed E-state index contributed by atoms with van der Waals surface area (Å²) in [6.45, 7) is 0.357. The van der Waals surface area contributed by atoms with E-state index in [1.54, 1.807) is 24.3 Å². The highest BCUT2D eigenvalue weighted by Gasteiger charge is 2.38. The number of halogens is 4. The van der Waals surface area contributed by atoms with Crippen LogP contribution in [0.3, 0.4) is 0 Å². The van der Waals surface area contributed by atoms with E-state index in [1.165, 1.54) is 0 Å². The Labute approximate surface area is 159 Å². The van der Waals surface area contributed by atoms with Gasteiger partial charge in [0.05, 0.1) is 16.3 Å². The van der Waals surface area contributed by atoms with Crippen molar-refractivity contribution in [2.24, 2.45) is 5.92 Å². The number of anilines is 2. The summed E-state index contributed by atoms with van der Waals surface area (Å²) in [4.78, 5) is 19.6. The molecule has 1 aromatic heterocycles. The van der Waals surface area contributed by atoms with Crippen molar-refractivity contribution < 1.29 is 18.0 Å². The Morgan fingerprint density at radius 2 is 1.93 bits per heavy atom. The number of alkyl halides is 3. The number of carbonyl (C=O) groups excluding carboxylic acids is 1. The predicted molar refractivity (Wildman–Crippen MR) is 96.1 cm³/mol. The molecule has 144 valence electrons. The van der Waals surface area contributed by atoms with Crippen molar-refractivity contribution in [3.8, 4) is 0 Å². The SMILES string of the molecule is O=C(NCC1CCCC1)c1cnc(Nc2ccccc2Cl)nc1C(F)(F)F. The van der Waals surface area contributed by atoms with Crippen LogP contribution in [0.25, 0.3) is 0 Å². The molecular formula is C18H18ClF3N4O. The summed E-state index contributed by atoms with van der Waals surface area (Å²) in [6.07, 6.45) is 0.214. The first kappa shape index (κ1) is 19.4. The summed E-state index contributed by atoms with van der Waals surface area (Å²) < 4.78 is 40.3. The maximum atomic E-state index is 13.4. The molecule has 2 aromatic rings. The molecule has 1 saturated carbocycles. The van der Waals surface area contributed by atoms with Gasteiger partial charge in [-0.15, -0.1) is 0 Å². The number of aromatic nitrogens is 2. The summed E-state index contributed by atoms with van der Waals surface area (Å²) in [7, 11) is 0. The van der Waals surface area contributed by atoms with E-state index in [4.69, 9.17) is 11.6 Å². The van der Waals surface area contributed by atoms with E-state index < -0.39 is 23.3 Å². The number of hydrogen-bond donors (Lipinski definition) is 2. The van der Waals surface area contributed by atoms with Crippen LogP contribution >= 0.6 is 11.6 Å². The summed E-state index contributed by atoms with van der Waals surface area (Å²) in [5, 5.41) is 5.53. The van der Waals surface area contributed by atoms with Gasteiger partial charge in [0.15, 0.2) is 5.69 Å². The van der Waals surface area contributed by atoms with Gasteiger partial charge in [-0.1, -0.05) is 36.6 Å². The zero-order valence-corrected chi connectivity index (χ0v) is 15.1. The molecule has 27 heavy (non-hydrogen) atoms. The third kappa shape index (κ3) is 4.88. The molecule has 0 saturated heterocycles. The fraction of sp³-hybridized carbons (Fsp3) is 0.389. The quantitative estimate of drug-likeness (QED) is 0.758. The number of nitrogens with one attached hydrogen (secondary N) is 2. The van der Waals surface area contributed by atoms with Crippen LogP contribution in [0.15, 0.2) is 30.5 Å². The second kappa shape index (κ2) is 8.12. The molecule has 2 N–H and O–H groups in total. The van der Waals surface area contributed by atoms with Gasteiger partial charge in [0, 0.05) is 12.7 Å². The molecule has 0 aliphatic heterocycles. The molecular weight excluding hydrogens is 381 g/mol. The first-order valence-corrected chi connectivity index (χ1v) is 8.96. The molecule has 0 unspecified atom stereocenters. The summed E-state index contributed by atoms with van der Waals surface area (Å²) in [6, 6.07) is 6.53. The normalized spacial score (nSPS) is 15.0. The van der Waals surface area contributed by atoms with Crippen LogP contribution in [-0.4, -0.2) is 22.4 Å². The topological polar surface area (TPSA) is 66.9 Å². The van der Waals surface area contributed by atoms with Crippen molar-refractivity contribution in [2.75, 3.05) is 11.9 Å². The van der Waals surface area contributed by atoms with Gasteiger partial charge in [-0.05, 0) is 30.9 Å². The summed E-state index contributed by atoms with van der Waals surface area (Å²) >= 11 is 5.98. The van der Waals surface area contributed by atoms with Crippen molar-refractivity contribution >= 4 is 29.1 Å². The molecule has 1 heterocycles. The molecule has 1 aromatic carbocycles. The minimum atomic E-state index is -4.79. The Morgan fingerprint density at radius 3 is 2.59 bits per heavy atom. The molecule has 9 heteroatoms. The first-order chi connectivity index (χ1) is 12.8. The number of nitrogens with zero attached hydrogens (tertiary/aromatic N) is 2. The van der Waals surface area contributed by atoms with Crippen molar-refractivity contribution in [1.82, 2.24) is 15.3 Å². The van der Waals surface area contributed by atoms with Gasteiger partial charge < -0.3 is 10.6 Å².